The summed E-state index contributed by atoms with van der Waals surface area (Å²) in [4.78, 5) is 30.8. The highest BCUT2D eigenvalue weighted by Gasteiger charge is 2.17. The number of aromatic carboxylic acids is 1. The van der Waals surface area contributed by atoms with E-state index >= 15 is 0 Å². The molecule has 180 valence electrons. The maximum atomic E-state index is 12.1. The number of aryl methyl sites for hydroxylation is 1. The average molecular weight is 535 g/mol. The number of carbonyl (C=O) groups excluding carboxylic acids is 1. The van der Waals surface area contributed by atoms with E-state index in [9.17, 15) is 14.7 Å². The van der Waals surface area contributed by atoms with Crippen LogP contribution in [0.1, 0.15) is 44.6 Å². The Bertz CT molecular complexity index is 1120. The van der Waals surface area contributed by atoms with E-state index in [0.29, 0.717) is 28.5 Å². The molecule has 1 unspecified atom stereocenters. The van der Waals surface area contributed by atoms with Gasteiger partial charge in [-0.3, -0.25) is 4.79 Å². The zero-order valence-corrected chi connectivity index (χ0v) is 22.3. The molecule has 0 saturated heterocycles. The normalized spacial score (nSPS) is 11.9. The van der Waals surface area contributed by atoms with Gasteiger partial charge in [0.25, 0.3) is 0 Å². The van der Waals surface area contributed by atoms with Crippen LogP contribution in [0.3, 0.4) is 0 Å². The molecule has 0 bridgehead atoms. The molecule has 1 amide bonds. The molecule has 1 heterocycles. The van der Waals surface area contributed by atoms with E-state index in [1.165, 1.54) is 16.9 Å². The van der Waals surface area contributed by atoms with Crippen molar-refractivity contribution < 1.29 is 14.7 Å². The van der Waals surface area contributed by atoms with Crippen LogP contribution in [0, 0.1) is 0 Å². The number of rotatable bonds is 12. The van der Waals surface area contributed by atoms with Crippen LogP contribution < -0.4 is 0 Å². The van der Waals surface area contributed by atoms with Crippen molar-refractivity contribution in [2.75, 3.05) is 19.8 Å². The number of amides is 1. The Morgan fingerprint density at radius 3 is 2.68 bits per heavy atom. The number of halogens is 1. The predicted molar refractivity (Wildman–Crippen MR) is 143 cm³/mol. The second-order valence-electron chi connectivity index (χ2n) is 7.82. The van der Waals surface area contributed by atoms with Crippen molar-refractivity contribution in [3.63, 3.8) is 0 Å². The molecule has 0 spiro atoms. The van der Waals surface area contributed by atoms with Gasteiger partial charge in [0, 0.05) is 36.4 Å². The van der Waals surface area contributed by atoms with Crippen molar-refractivity contribution in [3.8, 4) is 0 Å². The molecule has 0 fully saturated rings. The van der Waals surface area contributed by atoms with Crippen LogP contribution in [0.25, 0.3) is 0 Å². The highest BCUT2D eigenvalue weighted by Crippen LogP contribution is 2.36. The van der Waals surface area contributed by atoms with E-state index in [4.69, 9.17) is 11.6 Å². The van der Waals surface area contributed by atoms with Crippen LogP contribution in [-0.2, 0) is 17.0 Å². The molecule has 5 nitrogen and oxygen atoms in total. The fourth-order valence-corrected chi connectivity index (χ4v) is 6.52. The van der Waals surface area contributed by atoms with Gasteiger partial charge in [0.15, 0.2) is 0 Å². The molecule has 9 heteroatoms. The molecule has 3 aromatic rings. The van der Waals surface area contributed by atoms with E-state index in [-0.39, 0.29) is 11.2 Å². The molecular formula is C25H27ClN2O3S3. The number of carboxylic acid groups (broad SMARTS) is 1. The number of carbonyl (C=O) groups is 2. The third-order valence-corrected chi connectivity index (χ3v) is 8.83. The van der Waals surface area contributed by atoms with Gasteiger partial charge >= 0.3 is 5.97 Å². The van der Waals surface area contributed by atoms with E-state index in [1.54, 1.807) is 60.8 Å². The van der Waals surface area contributed by atoms with Crippen molar-refractivity contribution in [3.05, 3.63) is 80.8 Å². The first-order valence-electron chi connectivity index (χ1n) is 10.8. The van der Waals surface area contributed by atoms with E-state index < -0.39 is 5.97 Å². The highest BCUT2D eigenvalue weighted by atomic mass is 35.5. The lowest BCUT2D eigenvalue weighted by atomic mass is 9.99. The Hall–Kier alpha value is -2.00. The molecule has 0 aliphatic heterocycles. The number of aromatic nitrogens is 1. The van der Waals surface area contributed by atoms with Gasteiger partial charge in [0.1, 0.15) is 9.34 Å². The quantitative estimate of drug-likeness (QED) is 0.261. The summed E-state index contributed by atoms with van der Waals surface area (Å²) in [6, 6.07) is 15.6. The summed E-state index contributed by atoms with van der Waals surface area (Å²) < 4.78 is 0.690. The van der Waals surface area contributed by atoms with E-state index in [1.807, 2.05) is 12.1 Å². The van der Waals surface area contributed by atoms with Crippen LogP contribution in [0.15, 0.2) is 59.6 Å². The minimum absolute atomic E-state index is 0.105. The standard InChI is InChI=1S/C25H27ClN2O3S3/c1-28(2)24(29)12-13-32-21(11-10-17-6-3-4-9-20(17)25(30)31)18-7-5-8-19(14-18)33-16-23-27-15-22(26)34-23/h3-9,14-15,21H,10-13,16H2,1-2H3,(H,30,31). The van der Waals surface area contributed by atoms with Crippen LogP contribution in [-0.4, -0.2) is 46.7 Å². The first-order valence-corrected chi connectivity index (χ1v) is 14.0. The lowest BCUT2D eigenvalue weighted by molar-refractivity contribution is -0.128. The molecule has 0 aliphatic carbocycles. The lowest BCUT2D eigenvalue weighted by Crippen LogP contribution is -2.22. The number of hydrogen-bond donors (Lipinski definition) is 1. The Kier molecular flexibility index (Phi) is 10.3. The largest absolute Gasteiger partial charge is 0.478 e. The summed E-state index contributed by atoms with van der Waals surface area (Å²) in [5.74, 6) is 0.658. The Balaban J connectivity index is 1.73. The molecule has 0 radical (unpaired) electrons. The molecule has 1 N–H and O–H groups in total. The molecule has 0 aliphatic rings. The van der Waals surface area contributed by atoms with Gasteiger partial charge in [-0.25, -0.2) is 9.78 Å². The number of thiazole rings is 1. The minimum Gasteiger partial charge on any atom is -0.478 e. The molecule has 1 aromatic heterocycles. The van der Waals surface area contributed by atoms with Crippen LogP contribution >= 0.6 is 46.5 Å². The molecule has 3 rings (SSSR count). The number of nitrogens with zero attached hydrogens (tertiary/aromatic N) is 2. The third-order valence-electron chi connectivity index (χ3n) is 5.17. The highest BCUT2D eigenvalue weighted by molar-refractivity contribution is 7.99. The van der Waals surface area contributed by atoms with Gasteiger partial charge in [-0.1, -0.05) is 41.9 Å². The fraction of sp³-hybridized carbons (Fsp3) is 0.320. The summed E-state index contributed by atoms with van der Waals surface area (Å²) in [7, 11) is 3.54. The second-order valence-corrected chi connectivity index (χ2v) is 11.9. The van der Waals surface area contributed by atoms with Crippen molar-refractivity contribution in [2.24, 2.45) is 0 Å². The van der Waals surface area contributed by atoms with Gasteiger partial charge in [0.05, 0.1) is 17.5 Å². The third kappa shape index (κ3) is 8.05. The van der Waals surface area contributed by atoms with E-state index in [0.717, 1.165) is 27.6 Å². The topological polar surface area (TPSA) is 70.5 Å². The van der Waals surface area contributed by atoms with Gasteiger partial charge < -0.3 is 10.0 Å². The fourth-order valence-electron chi connectivity index (χ4n) is 3.40. The van der Waals surface area contributed by atoms with Crippen molar-refractivity contribution in [1.82, 2.24) is 9.88 Å². The van der Waals surface area contributed by atoms with Gasteiger partial charge in [-0.05, 0) is 42.2 Å². The minimum atomic E-state index is -0.905. The maximum absolute atomic E-state index is 12.1. The van der Waals surface area contributed by atoms with Crippen LogP contribution in [0.2, 0.25) is 4.34 Å². The molecule has 2 aromatic carbocycles. The number of benzene rings is 2. The number of hydrogen-bond acceptors (Lipinski definition) is 6. The van der Waals surface area contributed by atoms with Crippen molar-refractivity contribution >= 4 is 58.3 Å². The number of carboxylic acids is 1. The summed E-state index contributed by atoms with van der Waals surface area (Å²) in [6.45, 7) is 0. The second kappa shape index (κ2) is 13.2. The monoisotopic (exact) mass is 534 g/mol. The Morgan fingerprint density at radius 1 is 1.18 bits per heavy atom. The van der Waals surface area contributed by atoms with Crippen molar-refractivity contribution in [2.45, 2.75) is 35.2 Å². The zero-order valence-electron chi connectivity index (χ0n) is 19.1. The summed E-state index contributed by atoms with van der Waals surface area (Å²) >= 11 is 10.9. The average Bonchev–Trinajstić information content (AvgIpc) is 3.25. The Morgan fingerprint density at radius 2 is 1.97 bits per heavy atom. The first-order chi connectivity index (χ1) is 16.3. The summed E-state index contributed by atoms with van der Waals surface area (Å²) in [5, 5.41) is 10.7. The Labute approximate surface area is 217 Å². The maximum Gasteiger partial charge on any atom is 0.335 e. The van der Waals surface area contributed by atoms with Crippen LogP contribution in [0.4, 0.5) is 0 Å². The van der Waals surface area contributed by atoms with E-state index in [2.05, 4.69) is 29.2 Å². The van der Waals surface area contributed by atoms with Crippen LogP contribution in [0.5, 0.6) is 0 Å². The molecule has 0 saturated carbocycles. The number of thioether (sulfide) groups is 2. The summed E-state index contributed by atoms with van der Waals surface area (Å²) in [6.07, 6.45) is 3.58. The van der Waals surface area contributed by atoms with Gasteiger partial charge in [0.2, 0.25) is 5.91 Å². The van der Waals surface area contributed by atoms with Crippen molar-refractivity contribution in [1.29, 1.82) is 0 Å². The van der Waals surface area contributed by atoms with Gasteiger partial charge in [-0.2, -0.15) is 11.8 Å². The SMILES string of the molecule is CN(C)C(=O)CCSC(CCc1ccccc1C(=O)O)c1cccc(SCc2ncc(Cl)s2)c1. The molecule has 1 atom stereocenters. The molecule has 34 heavy (non-hydrogen) atoms. The zero-order chi connectivity index (χ0) is 24.5. The lowest BCUT2D eigenvalue weighted by Gasteiger charge is -2.19. The summed E-state index contributed by atoms with van der Waals surface area (Å²) in [5.41, 5.74) is 2.36. The van der Waals surface area contributed by atoms with Gasteiger partial charge in [-0.15, -0.1) is 23.1 Å². The molecular weight excluding hydrogens is 508 g/mol. The first kappa shape index (κ1) is 26.6. The predicted octanol–water partition coefficient (Wildman–Crippen LogP) is 6.67. The smallest absolute Gasteiger partial charge is 0.335 e.